The summed E-state index contributed by atoms with van der Waals surface area (Å²) in [5.41, 5.74) is -0.291. The van der Waals surface area contributed by atoms with Crippen LogP contribution in [0.5, 0.6) is 0 Å². The smallest absolute Gasteiger partial charge is 0.238 e. The topological polar surface area (TPSA) is 75.2 Å². The molecule has 1 aromatic carbocycles. The number of methoxy groups -OCH3 is 1. The Morgan fingerprint density at radius 2 is 2.04 bits per heavy atom. The van der Waals surface area contributed by atoms with Crippen LogP contribution >= 0.6 is 0 Å². The van der Waals surface area contributed by atoms with Crippen molar-refractivity contribution in [2.45, 2.75) is 25.5 Å². The van der Waals surface area contributed by atoms with Crippen LogP contribution in [0.25, 0.3) is 0 Å². The molecule has 1 aliphatic rings. The number of nitriles is 1. The van der Waals surface area contributed by atoms with Gasteiger partial charge in [0.15, 0.2) is 11.6 Å². The van der Waals surface area contributed by atoms with Gasteiger partial charge in [-0.05, 0) is 12.1 Å². The highest BCUT2D eigenvalue weighted by atomic mass is 19.1. The number of aromatic nitrogens is 2. The maximum Gasteiger partial charge on any atom is 0.238 e. The van der Waals surface area contributed by atoms with Crippen molar-refractivity contribution in [3.63, 3.8) is 0 Å². The van der Waals surface area contributed by atoms with Crippen LogP contribution in [0.15, 0.2) is 16.5 Å². The summed E-state index contributed by atoms with van der Waals surface area (Å²) in [5.74, 6) is -0.953. The number of nitrogens with zero attached hydrogens (tertiary/aromatic N) is 4. The summed E-state index contributed by atoms with van der Waals surface area (Å²) in [4.78, 5) is 1.51. The highest BCUT2D eigenvalue weighted by molar-refractivity contribution is 5.54. The Labute approximate surface area is 131 Å². The summed E-state index contributed by atoms with van der Waals surface area (Å²) in [5, 5.41) is 16.5. The Hall–Kier alpha value is -2.53. The lowest BCUT2D eigenvalue weighted by Gasteiger charge is -2.25. The van der Waals surface area contributed by atoms with Gasteiger partial charge in [0.25, 0.3) is 0 Å². The van der Waals surface area contributed by atoms with Crippen LogP contribution in [0, 0.1) is 29.9 Å². The minimum Gasteiger partial charge on any atom is -0.423 e. The molecule has 1 aromatic heterocycles. The molecule has 8 heteroatoms. The van der Waals surface area contributed by atoms with E-state index in [0.717, 1.165) is 12.1 Å². The fourth-order valence-electron chi connectivity index (χ4n) is 2.80. The van der Waals surface area contributed by atoms with Crippen molar-refractivity contribution in [3.8, 4) is 6.07 Å². The second-order valence-electron chi connectivity index (χ2n) is 5.32. The molecule has 120 valence electrons. The molecule has 23 heavy (non-hydrogen) atoms. The number of ether oxygens (including phenoxy) is 1. The number of aryl methyl sites for hydroxylation is 1. The van der Waals surface area contributed by atoms with Gasteiger partial charge >= 0.3 is 0 Å². The molecule has 0 amide bonds. The first kappa shape index (κ1) is 15.4. The molecule has 2 atom stereocenters. The fourth-order valence-corrected chi connectivity index (χ4v) is 2.80. The van der Waals surface area contributed by atoms with E-state index in [2.05, 4.69) is 10.2 Å². The van der Waals surface area contributed by atoms with Crippen LogP contribution in [0.1, 0.15) is 29.8 Å². The molecule has 2 aromatic rings. The molecule has 0 bridgehead atoms. The standard InChI is InChI=1S/C15H14F2N4O2/c1-8-19-20-15(23-8)13-5-10(22-2)7-21(13)14-11(16)3-9(6-18)4-12(14)17/h3-4,10,13H,5,7H2,1-2H3/t10-,13-/m1/s1. The lowest BCUT2D eigenvalue weighted by Crippen LogP contribution is -2.27. The first-order valence-electron chi connectivity index (χ1n) is 7.02. The van der Waals surface area contributed by atoms with E-state index in [-0.39, 0.29) is 29.8 Å². The van der Waals surface area contributed by atoms with E-state index >= 15 is 0 Å². The van der Waals surface area contributed by atoms with Crippen LogP contribution in [-0.4, -0.2) is 30.0 Å². The van der Waals surface area contributed by atoms with Crippen molar-refractivity contribution < 1.29 is 17.9 Å². The van der Waals surface area contributed by atoms with Gasteiger partial charge in [-0.25, -0.2) is 8.78 Å². The molecule has 0 saturated carbocycles. The summed E-state index contributed by atoms with van der Waals surface area (Å²) < 4.78 is 39.4. The Morgan fingerprint density at radius 3 is 2.57 bits per heavy atom. The van der Waals surface area contributed by atoms with E-state index in [1.54, 1.807) is 13.0 Å². The Balaban J connectivity index is 2.04. The molecule has 3 rings (SSSR count). The molecule has 0 unspecified atom stereocenters. The normalized spacial score (nSPS) is 20.7. The van der Waals surface area contributed by atoms with Gasteiger partial charge in [0.1, 0.15) is 11.7 Å². The van der Waals surface area contributed by atoms with Gasteiger partial charge in [-0.15, -0.1) is 10.2 Å². The van der Waals surface area contributed by atoms with Gasteiger partial charge in [-0.3, -0.25) is 0 Å². The number of hydrogen-bond acceptors (Lipinski definition) is 6. The molecule has 1 saturated heterocycles. The second-order valence-corrected chi connectivity index (χ2v) is 5.32. The van der Waals surface area contributed by atoms with E-state index in [1.807, 2.05) is 0 Å². The van der Waals surface area contributed by atoms with Gasteiger partial charge in [0, 0.05) is 27.0 Å². The predicted octanol–water partition coefficient (Wildman–Crippen LogP) is 2.49. The van der Waals surface area contributed by atoms with E-state index in [0.29, 0.717) is 12.3 Å². The quantitative estimate of drug-likeness (QED) is 0.865. The van der Waals surface area contributed by atoms with Crippen molar-refractivity contribution >= 4 is 5.69 Å². The summed E-state index contributed by atoms with van der Waals surface area (Å²) in [6, 6.07) is 3.26. The number of hydrogen-bond donors (Lipinski definition) is 0. The zero-order chi connectivity index (χ0) is 16.6. The molecule has 0 aliphatic carbocycles. The van der Waals surface area contributed by atoms with Crippen LogP contribution in [0.2, 0.25) is 0 Å². The molecule has 1 fully saturated rings. The predicted molar refractivity (Wildman–Crippen MR) is 75.6 cm³/mol. The third-order valence-electron chi connectivity index (χ3n) is 3.86. The lowest BCUT2D eigenvalue weighted by molar-refractivity contribution is 0.117. The first-order chi connectivity index (χ1) is 11.0. The number of rotatable bonds is 3. The maximum absolute atomic E-state index is 14.3. The number of anilines is 1. The average Bonchev–Trinajstić information content (AvgIpc) is 3.12. The molecular weight excluding hydrogens is 306 g/mol. The van der Waals surface area contributed by atoms with Crippen LogP contribution in [-0.2, 0) is 4.74 Å². The molecule has 2 heterocycles. The van der Waals surface area contributed by atoms with Crippen LogP contribution in [0.3, 0.4) is 0 Å². The second kappa shape index (κ2) is 5.93. The number of benzene rings is 1. The summed E-state index contributed by atoms with van der Waals surface area (Å²) in [7, 11) is 1.54. The summed E-state index contributed by atoms with van der Waals surface area (Å²) in [6.45, 7) is 1.93. The van der Waals surface area contributed by atoms with Gasteiger partial charge in [0.2, 0.25) is 11.8 Å². The van der Waals surface area contributed by atoms with Gasteiger partial charge < -0.3 is 14.1 Å². The molecule has 0 radical (unpaired) electrons. The Kier molecular flexibility index (Phi) is 3.96. The van der Waals surface area contributed by atoms with Gasteiger partial charge in [-0.1, -0.05) is 0 Å². The molecule has 0 spiro atoms. The van der Waals surface area contributed by atoms with Crippen LogP contribution < -0.4 is 4.90 Å². The minimum absolute atomic E-state index is 0.0728. The zero-order valence-corrected chi connectivity index (χ0v) is 12.6. The SMILES string of the molecule is CO[C@@H]1C[C@H](c2nnc(C)o2)N(c2c(F)cc(C#N)cc2F)C1. The fraction of sp³-hybridized carbons (Fsp3) is 0.400. The van der Waals surface area contributed by atoms with Crippen molar-refractivity contribution in [2.24, 2.45) is 0 Å². The van der Waals surface area contributed by atoms with E-state index in [1.165, 1.54) is 12.0 Å². The minimum atomic E-state index is -0.806. The molecular formula is C15H14F2N4O2. The average molecular weight is 320 g/mol. The van der Waals surface area contributed by atoms with Crippen LogP contribution in [0.4, 0.5) is 14.5 Å². The first-order valence-corrected chi connectivity index (χ1v) is 7.02. The summed E-state index contributed by atoms with van der Waals surface area (Å²) in [6.07, 6.45) is 0.249. The number of halogens is 2. The van der Waals surface area contributed by atoms with Gasteiger partial charge in [0.05, 0.1) is 17.7 Å². The van der Waals surface area contributed by atoms with E-state index in [9.17, 15) is 8.78 Å². The highest BCUT2D eigenvalue weighted by Gasteiger charge is 2.39. The third kappa shape index (κ3) is 2.75. The van der Waals surface area contributed by atoms with Gasteiger partial charge in [-0.2, -0.15) is 5.26 Å². The largest absolute Gasteiger partial charge is 0.423 e. The molecule has 6 nitrogen and oxygen atoms in total. The van der Waals surface area contributed by atoms with Crippen molar-refractivity contribution in [1.82, 2.24) is 10.2 Å². The van der Waals surface area contributed by atoms with E-state index < -0.39 is 17.7 Å². The summed E-state index contributed by atoms with van der Waals surface area (Å²) >= 11 is 0. The van der Waals surface area contributed by atoms with Crippen molar-refractivity contribution in [3.05, 3.63) is 41.1 Å². The van der Waals surface area contributed by atoms with E-state index in [4.69, 9.17) is 14.4 Å². The maximum atomic E-state index is 14.3. The lowest BCUT2D eigenvalue weighted by atomic mass is 10.1. The van der Waals surface area contributed by atoms with Crippen molar-refractivity contribution in [2.75, 3.05) is 18.6 Å². The monoisotopic (exact) mass is 320 g/mol. The molecule has 1 aliphatic heterocycles. The zero-order valence-electron chi connectivity index (χ0n) is 12.6. The Morgan fingerprint density at radius 1 is 1.35 bits per heavy atom. The third-order valence-corrected chi connectivity index (χ3v) is 3.86. The van der Waals surface area contributed by atoms with Crippen molar-refractivity contribution in [1.29, 1.82) is 5.26 Å². The Bertz CT molecular complexity index is 748. The molecule has 0 N–H and O–H groups in total. The highest BCUT2D eigenvalue weighted by Crippen LogP contribution is 2.39.